The minimum absolute atomic E-state index is 0.0398. The molecule has 5 heteroatoms. The number of hydrogen-bond acceptors (Lipinski definition) is 4. The van der Waals surface area contributed by atoms with Gasteiger partial charge in [-0.2, -0.15) is 0 Å². The Bertz CT molecular complexity index is 493. The number of rotatable bonds is 4. The van der Waals surface area contributed by atoms with E-state index in [2.05, 4.69) is 25.8 Å². The molecule has 0 atom stereocenters. The summed E-state index contributed by atoms with van der Waals surface area (Å²) < 4.78 is 10.8. The molecule has 0 radical (unpaired) electrons. The molecule has 0 unspecified atom stereocenters. The second-order valence-corrected chi connectivity index (χ2v) is 6.84. The van der Waals surface area contributed by atoms with Gasteiger partial charge in [0, 0.05) is 5.92 Å². The van der Waals surface area contributed by atoms with Gasteiger partial charge in [0.25, 0.3) is 0 Å². The lowest BCUT2D eigenvalue weighted by Crippen LogP contribution is -2.25. The fourth-order valence-electron chi connectivity index (χ4n) is 3.07. The van der Waals surface area contributed by atoms with Gasteiger partial charge >= 0.3 is 11.9 Å². The predicted molar refractivity (Wildman–Crippen MR) is 78.8 cm³/mol. The number of carboxylic acids is 1. The summed E-state index contributed by atoms with van der Waals surface area (Å²) >= 11 is 0. The molecule has 118 valence electrons. The largest absolute Gasteiger partial charge is 0.476 e. The lowest BCUT2D eigenvalue weighted by molar-refractivity contribution is 0.0683. The van der Waals surface area contributed by atoms with E-state index >= 15 is 0 Å². The van der Waals surface area contributed by atoms with E-state index in [1.54, 1.807) is 6.92 Å². The fraction of sp³-hybridized carbons (Fsp3) is 0.750. The van der Waals surface area contributed by atoms with E-state index in [0.29, 0.717) is 23.8 Å². The molecule has 21 heavy (non-hydrogen) atoms. The molecule has 1 aliphatic carbocycles. The van der Waals surface area contributed by atoms with Crippen LogP contribution in [0, 0.1) is 11.3 Å². The van der Waals surface area contributed by atoms with Crippen molar-refractivity contribution in [2.24, 2.45) is 11.3 Å². The molecular formula is C16H25NO4. The Balaban J connectivity index is 2.10. The molecule has 1 fully saturated rings. The molecular weight excluding hydrogens is 270 g/mol. The van der Waals surface area contributed by atoms with E-state index in [0.717, 1.165) is 25.7 Å². The highest BCUT2D eigenvalue weighted by Gasteiger charge is 2.33. The summed E-state index contributed by atoms with van der Waals surface area (Å²) in [6.07, 6.45) is 4.24. The van der Waals surface area contributed by atoms with Crippen molar-refractivity contribution in [3.05, 3.63) is 11.6 Å². The van der Waals surface area contributed by atoms with Gasteiger partial charge in [-0.25, -0.2) is 9.78 Å². The van der Waals surface area contributed by atoms with Gasteiger partial charge in [0.2, 0.25) is 11.6 Å². The number of aromatic nitrogens is 1. The molecule has 1 aromatic rings. The Kier molecular flexibility index (Phi) is 4.59. The summed E-state index contributed by atoms with van der Waals surface area (Å²) in [6, 6.07) is 0. The molecule has 1 N–H and O–H groups in total. The van der Waals surface area contributed by atoms with Gasteiger partial charge in [-0.05, 0) is 43.9 Å². The summed E-state index contributed by atoms with van der Waals surface area (Å²) in [5, 5.41) is 9.15. The van der Waals surface area contributed by atoms with Crippen molar-refractivity contribution in [3.8, 4) is 5.95 Å². The van der Waals surface area contributed by atoms with Crippen LogP contribution in [0.2, 0.25) is 0 Å². The monoisotopic (exact) mass is 295 g/mol. The second-order valence-electron chi connectivity index (χ2n) is 6.84. The minimum atomic E-state index is -1.10. The van der Waals surface area contributed by atoms with Crippen molar-refractivity contribution < 1.29 is 19.1 Å². The van der Waals surface area contributed by atoms with E-state index in [9.17, 15) is 4.79 Å². The van der Waals surface area contributed by atoms with Crippen LogP contribution < -0.4 is 4.74 Å². The van der Waals surface area contributed by atoms with Gasteiger partial charge < -0.3 is 14.3 Å². The number of carbonyl (C=O) groups is 1. The van der Waals surface area contributed by atoms with Crippen molar-refractivity contribution >= 4 is 5.97 Å². The predicted octanol–water partition coefficient (Wildman–Crippen LogP) is 4.09. The van der Waals surface area contributed by atoms with E-state index in [4.69, 9.17) is 14.3 Å². The summed E-state index contributed by atoms with van der Waals surface area (Å²) in [7, 11) is 0. The SMILES string of the molecule is CCOc1oc(C2CCC(C(C)(C)C)CC2)nc1C(=O)O. The molecule has 2 rings (SSSR count). The molecule has 0 amide bonds. The zero-order valence-corrected chi connectivity index (χ0v) is 13.3. The molecule has 0 spiro atoms. The van der Waals surface area contributed by atoms with Crippen LogP contribution in [0.5, 0.6) is 5.95 Å². The van der Waals surface area contributed by atoms with E-state index < -0.39 is 5.97 Å². The Morgan fingerprint density at radius 1 is 1.33 bits per heavy atom. The van der Waals surface area contributed by atoms with Crippen LogP contribution in [0.1, 0.15) is 75.7 Å². The van der Waals surface area contributed by atoms with Gasteiger partial charge in [0.05, 0.1) is 6.61 Å². The van der Waals surface area contributed by atoms with Crippen molar-refractivity contribution in [1.29, 1.82) is 0 Å². The lowest BCUT2D eigenvalue weighted by atomic mass is 9.70. The standard InChI is InChI=1S/C16H25NO4/c1-5-20-15-12(14(18)19)17-13(21-15)10-6-8-11(9-7-10)16(2,3)4/h10-11H,5-9H2,1-4H3,(H,18,19). The topological polar surface area (TPSA) is 72.6 Å². The second kappa shape index (κ2) is 6.08. The maximum absolute atomic E-state index is 11.2. The van der Waals surface area contributed by atoms with Crippen LogP contribution in [0.3, 0.4) is 0 Å². The molecule has 0 bridgehead atoms. The van der Waals surface area contributed by atoms with Crippen LogP contribution in [0.4, 0.5) is 0 Å². The zero-order valence-electron chi connectivity index (χ0n) is 13.3. The van der Waals surface area contributed by atoms with Crippen molar-refractivity contribution in [2.75, 3.05) is 6.61 Å². The van der Waals surface area contributed by atoms with Crippen molar-refractivity contribution in [3.63, 3.8) is 0 Å². The number of nitrogens with zero attached hydrogens (tertiary/aromatic N) is 1. The maximum atomic E-state index is 11.2. The quantitative estimate of drug-likeness (QED) is 0.905. The van der Waals surface area contributed by atoms with E-state index in [1.165, 1.54) is 0 Å². The summed E-state index contributed by atoms with van der Waals surface area (Å²) in [5.41, 5.74) is 0.217. The first kappa shape index (κ1) is 15.9. The summed E-state index contributed by atoms with van der Waals surface area (Å²) in [5.74, 6) is 0.364. The molecule has 1 heterocycles. The molecule has 0 saturated heterocycles. The Morgan fingerprint density at radius 3 is 2.43 bits per heavy atom. The smallest absolute Gasteiger partial charge is 0.362 e. The molecule has 1 aromatic heterocycles. The Morgan fingerprint density at radius 2 is 1.95 bits per heavy atom. The summed E-state index contributed by atoms with van der Waals surface area (Å²) in [6.45, 7) is 8.99. The van der Waals surface area contributed by atoms with Crippen LogP contribution in [-0.2, 0) is 0 Å². The normalized spacial score (nSPS) is 23.0. The van der Waals surface area contributed by atoms with Crippen LogP contribution in [0.25, 0.3) is 0 Å². The highest BCUT2D eigenvalue weighted by atomic mass is 16.6. The highest BCUT2D eigenvalue weighted by molar-refractivity contribution is 5.87. The molecule has 1 aliphatic rings. The fourth-order valence-corrected chi connectivity index (χ4v) is 3.07. The van der Waals surface area contributed by atoms with Crippen LogP contribution in [-0.4, -0.2) is 22.7 Å². The van der Waals surface area contributed by atoms with E-state index in [1.807, 2.05) is 0 Å². The van der Waals surface area contributed by atoms with Crippen LogP contribution >= 0.6 is 0 Å². The maximum Gasteiger partial charge on any atom is 0.362 e. The van der Waals surface area contributed by atoms with Gasteiger partial charge in [0.15, 0.2) is 0 Å². The average molecular weight is 295 g/mol. The molecule has 0 aromatic carbocycles. The molecule has 0 aliphatic heterocycles. The number of ether oxygens (including phenoxy) is 1. The average Bonchev–Trinajstić information content (AvgIpc) is 2.82. The van der Waals surface area contributed by atoms with Gasteiger partial charge in [0.1, 0.15) is 0 Å². The highest BCUT2D eigenvalue weighted by Crippen LogP contribution is 2.43. The van der Waals surface area contributed by atoms with Crippen molar-refractivity contribution in [2.45, 2.75) is 59.3 Å². The zero-order chi connectivity index (χ0) is 15.6. The number of aromatic carboxylic acids is 1. The third kappa shape index (κ3) is 3.57. The van der Waals surface area contributed by atoms with Crippen LogP contribution in [0.15, 0.2) is 4.42 Å². The summed E-state index contributed by atoms with van der Waals surface area (Å²) in [4.78, 5) is 15.3. The number of hydrogen-bond donors (Lipinski definition) is 1. The third-order valence-electron chi connectivity index (χ3n) is 4.39. The van der Waals surface area contributed by atoms with Gasteiger partial charge in [-0.1, -0.05) is 20.8 Å². The first-order chi connectivity index (χ1) is 9.82. The third-order valence-corrected chi connectivity index (χ3v) is 4.39. The Labute approximate surface area is 125 Å². The van der Waals surface area contributed by atoms with E-state index in [-0.39, 0.29) is 17.6 Å². The Hall–Kier alpha value is -1.52. The lowest BCUT2D eigenvalue weighted by Gasteiger charge is -2.36. The first-order valence-electron chi connectivity index (χ1n) is 7.69. The van der Waals surface area contributed by atoms with Crippen molar-refractivity contribution in [1.82, 2.24) is 4.98 Å². The first-order valence-corrected chi connectivity index (χ1v) is 7.69. The minimum Gasteiger partial charge on any atom is -0.476 e. The molecule has 5 nitrogen and oxygen atoms in total. The van der Waals surface area contributed by atoms with Gasteiger partial charge in [-0.3, -0.25) is 0 Å². The number of carboxylic acid groups (broad SMARTS) is 1. The molecule has 1 saturated carbocycles. The number of oxazole rings is 1. The van der Waals surface area contributed by atoms with Gasteiger partial charge in [-0.15, -0.1) is 0 Å².